The molecule has 2 N–H and O–H groups in total. The molecule has 3 heteroatoms. The summed E-state index contributed by atoms with van der Waals surface area (Å²) in [5.41, 5.74) is 8.05. The molecule has 3 rings (SSSR count). The van der Waals surface area contributed by atoms with Gasteiger partial charge in [-0.15, -0.1) is 0 Å². The molecule has 3 nitrogen and oxygen atoms in total. The normalized spacial score (nSPS) is 14.3. The molecule has 0 spiro atoms. The topological polar surface area (TPSA) is 35.5 Å². The molecule has 0 fully saturated rings. The number of para-hydroxylation sites is 1. The van der Waals surface area contributed by atoms with E-state index in [1.807, 2.05) is 24.3 Å². The first-order valence-corrected chi connectivity index (χ1v) is 6.14. The van der Waals surface area contributed by atoms with E-state index in [9.17, 15) is 5.11 Å². The second-order valence-electron chi connectivity index (χ2n) is 4.55. The van der Waals surface area contributed by atoms with Crippen molar-refractivity contribution in [2.24, 2.45) is 0 Å². The Morgan fingerprint density at radius 1 is 1.00 bits per heavy atom. The van der Waals surface area contributed by atoms with Crippen LogP contribution in [-0.2, 0) is 19.7 Å². The van der Waals surface area contributed by atoms with Gasteiger partial charge in [0.1, 0.15) is 0 Å². The van der Waals surface area contributed by atoms with Crippen molar-refractivity contribution in [2.75, 3.05) is 5.43 Å². The Kier molecular flexibility index (Phi) is 3.00. The Bertz CT molecular complexity index is 529. The molecule has 0 aromatic heterocycles. The molecule has 1 heterocycles. The Morgan fingerprint density at radius 3 is 2.50 bits per heavy atom. The number of rotatable bonds is 3. The highest BCUT2D eigenvalue weighted by atomic mass is 16.3. The molecule has 0 aliphatic carbocycles. The zero-order chi connectivity index (χ0) is 12.4. The van der Waals surface area contributed by atoms with Crippen LogP contribution in [-0.4, -0.2) is 10.1 Å². The van der Waals surface area contributed by atoms with E-state index < -0.39 is 0 Å². The predicted octanol–water partition coefficient (Wildman–Crippen LogP) is 2.52. The van der Waals surface area contributed by atoms with Crippen molar-refractivity contribution >= 4 is 5.69 Å². The molecule has 2 aromatic rings. The number of nitrogens with one attached hydrogen (secondary N) is 1. The van der Waals surface area contributed by atoms with E-state index >= 15 is 0 Å². The number of benzene rings is 2. The minimum Gasteiger partial charge on any atom is -0.392 e. The molecular formula is C15H16N2O. The highest BCUT2D eigenvalue weighted by molar-refractivity contribution is 5.53. The smallest absolute Gasteiger partial charge is 0.0685 e. The number of anilines is 1. The summed E-state index contributed by atoms with van der Waals surface area (Å²) >= 11 is 0. The van der Waals surface area contributed by atoms with Gasteiger partial charge < -0.3 is 10.5 Å². The van der Waals surface area contributed by atoms with Gasteiger partial charge in [-0.05, 0) is 22.8 Å². The molecule has 1 aliphatic heterocycles. The summed E-state index contributed by atoms with van der Waals surface area (Å²) in [7, 11) is 0. The minimum absolute atomic E-state index is 0.0942. The van der Waals surface area contributed by atoms with Crippen molar-refractivity contribution in [3.05, 3.63) is 65.2 Å². The van der Waals surface area contributed by atoms with Gasteiger partial charge in [-0.2, -0.15) is 0 Å². The summed E-state index contributed by atoms with van der Waals surface area (Å²) in [6.45, 7) is 1.79. The van der Waals surface area contributed by atoms with Crippen molar-refractivity contribution in [1.82, 2.24) is 5.01 Å². The molecular weight excluding hydrogens is 224 g/mol. The molecule has 92 valence electrons. The quantitative estimate of drug-likeness (QED) is 0.865. The zero-order valence-electron chi connectivity index (χ0n) is 10.1. The van der Waals surface area contributed by atoms with Crippen LogP contribution in [0.5, 0.6) is 0 Å². The van der Waals surface area contributed by atoms with E-state index in [1.54, 1.807) is 0 Å². The van der Waals surface area contributed by atoms with E-state index in [0.29, 0.717) is 0 Å². The Hall–Kier alpha value is -1.84. The fraction of sp³-hybridized carbons (Fsp3) is 0.200. The van der Waals surface area contributed by atoms with Crippen LogP contribution < -0.4 is 5.43 Å². The van der Waals surface area contributed by atoms with Gasteiger partial charge in [0, 0.05) is 13.1 Å². The van der Waals surface area contributed by atoms with Gasteiger partial charge in [0.2, 0.25) is 0 Å². The molecule has 0 amide bonds. The number of hydrogen-bond donors (Lipinski definition) is 2. The van der Waals surface area contributed by atoms with Gasteiger partial charge in [-0.3, -0.25) is 0 Å². The fourth-order valence-corrected chi connectivity index (χ4v) is 2.35. The Labute approximate surface area is 107 Å². The SMILES string of the molecule is OCc1ccccc1CN1Cc2ccccc2N1. The Morgan fingerprint density at radius 2 is 1.72 bits per heavy atom. The summed E-state index contributed by atoms with van der Waals surface area (Å²) in [6.07, 6.45) is 0. The van der Waals surface area contributed by atoms with Gasteiger partial charge in [-0.1, -0.05) is 42.5 Å². The van der Waals surface area contributed by atoms with Crippen molar-refractivity contribution in [3.8, 4) is 0 Å². The highest BCUT2D eigenvalue weighted by Crippen LogP contribution is 2.26. The second-order valence-corrected chi connectivity index (χ2v) is 4.55. The van der Waals surface area contributed by atoms with Crippen LogP contribution in [0.2, 0.25) is 0 Å². The molecule has 2 aromatic carbocycles. The van der Waals surface area contributed by atoms with E-state index in [1.165, 1.54) is 16.8 Å². The van der Waals surface area contributed by atoms with Crippen LogP contribution in [0.4, 0.5) is 5.69 Å². The molecule has 0 saturated carbocycles. The lowest BCUT2D eigenvalue weighted by Gasteiger charge is -2.17. The highest BCUT2D eigenvalue weighted by Gasteiger charge is 2.18. The Balaban J connectivity index is 1.76. The van der Waals surface area contributed by atoms with Crippen LogP contribution in [0.25, 0.3) is 0 Å². The largest absolute Gasteiger partial charge is 0.392 e. The van der Waals surface area contributed by atoms with Crippen LogP contribution in [0, 0.1) is 0 Å². The van der Waals surface area contributed by atoms with Crippen LogP contribution >= 0.6 is 0 Å². The summed E-state index contributed by atoms with van der Waals surface area (Å²) < 4.78 is 0. The van der Waals surface area contributed by atoms with Crippen molar-refractivity contribution in [2.45, 2.75) is 19.7 Å². The number of hydrazine groups is 1. The second kappa shape index (κ2) is 4.80. The van der Waals surface area contributed by atoms with Crippen LogP contribution in [0.15, 0.2) is 48.5 Å². The standard InChI is InChI=1S/C15H16N2O/c18-11-14-7-2-1-5-12(14)9-17-10-13-6-3-4-8-15(13)16-17/h1-8,16,18H,9-11H2. The van der Waals surface area contributed by atoms with E-state index in [-0.39, 0.29) is 6.61 Å². The lowest BCUT2D eigenvalue weighted by atomic mass is 10.1. The third-order valence-corrected chi connectivity index (χ3v) is 3.31. The first-order chi connectivity index (χ1) is 8.86. The summed E-state index contributed by atoms with van der Waals surface area (Å²) in [5.74, 6) is 0. The number of aliphatic hydroxyl groups is 1. The molecule has 0 unspecified atom stereocenters. The van der Waals surface area contributed by atoms with E-state index in [0.717, 1.165) is 18.7 Å². The maximum absolute atomic E-state index is 9.33. The monoisotopic (exact) mass is 240 g/mol. The van der Waals surface area contributed by atoms with Gasteiger partial charge in [0.25, 0.3) is 0 Å². The van der Waals surface area contributed by atoms with Crippen molar-refractivity contribution < 1.29 is 5.11 Å². The summed E-state index contributed by atoms with van der Waals surface area (Å²) in [4.78, 5) is 0. The molecule has 0 atom stereocenters. The van der Waals surface area contributed by atoms with Crippen LogP contribution in [0.3, 0.4) is 0 Å². The molecule has 1 aliphatic rings. The van der Waals surface area contributed by atoms with E-state index in [4.69, 9.17) is 0 Å². The van der Waals surface area contributed by atoms with Crippen molar-refractivity contribution in [1.29, 1.82) is 0 Å². The van der Waals surface area contributed by atoms with Gasteiger partial charge in [0.15, 0.2) is 0 Å². The first-order valence-electron chi connectivity index (χ1n) is 6.14. The van der Waals surface area contributed by atoms with Gasteiger partial charge in [-0.25, -0.2) is 5.01 Å². The minimum atomic E-state index is 0.0942. The van der Waals surface area contributed by atoms with E-state index in [2.05, 4.69) is 34.7 Å². The molecule has 0 bridgehead atoms. The number of hydrogen-bond acceptors (Lipinski definition) is 3. The number of nitrogens with zero attached hydrogens (tertiary/aromatic N) is 1. The predicted molar refractivity (Wildman–Crippen MR) is 71.7 cm³/mol. The molecule has 0 radical (unpaired) electrons. The maximum Gasteiger partial charge on any atom is 0.0685 e. The third-order valence-electron chi connectivity index (χ3n) is 3.31. The lowest BCUT2D eigenvalue weighted by Crippen LogP contribution is -2.23. The average molecular weight is 240 g/mol. The number of aliphatic hydroxyl groups excluding tert-OH is 1. The van der Waals surface area contributed by atoms with Gasteiger partial charge >= 0.3 is 0 Å². The fourth-order valence-electron chi connectivity index (χ4n) is 2.35. The summed E-state index contributed by atoms with van der Waals surface area (Å²) in [6, 6.07) is 16.3. The summed E-state index contributed by atoms with van der Waals surface area (Å²) in [5, 5.41) is 11.5. The first kappa shape index (κ1) is 11.3. The van der Waals surface area contributed by atoms with Gasteiger partial charge in [0.05, 0.1) is 12.3 Å². The van der Waals surface area contributed by atoms with Crippen LogP contribution in [0.1, 0.15) is 16.7 Å². The molecule has 18 heavy (non-hydrogen) atoms. The lowest BCUT2D eigenvalue weighted by molar-refractivity contribution is 0.275. The maximum atomic E-state index is 9.33. The van der Waals surface area contributed by atoms with Crippen molar-refractivity contribution in [3.63, 3.8) is 0 Å². The third kappa shape index (κ3) is 2.10. The number of fused-ring (bicyclic) bond motifs is 1. The molecule has 0 saturated heterocycles. The average Bonchev–Trinajstić information content (AvgIpc) is 2.81. The zero-order valence-corrected chi connectivity index (χ0v) is 10.1.